The zero-order valence-electron chi connectivity index (χ0n) is 8.92. The van der Waals surface area contributed by atoms with E-state index >= 15 is 0 Å². The van der Waals surface area contributed by atoms with E-state index in [0.717, 1.165) is 6.04 Å². The second-order valence-electron chi connectivity index (χ2n) is 5.32. The molecule has 1 heterocycles. The molecule has 1 saturated carbocycles. The van der Waals surface area contributed by atoms with E-state index in [4.69, 9.17) is 5.73 Å². The van der Waals surface area contributed by atoms with E-state index in [1.165, 1.54) is 38.8 Å². The van der Waals surface area contributed by atoms with Crippen LogP contribution in [0.4, 0.5) is 0 Å². The molecule has 76 valence electrons. The van der Waals surface area contributed by atoms with Crippen LogP contribution in [0.5, 0.6) is 0 Å². The molecular weight excluding hydrogens is 160 g/mol. The molecule has 0 aromatic rings. The Balaban J connectivity index is 1.97. The van der Waals surface area contributed by atoms with Crippen LogP contribution in [0.3, 0.4) is 0 Å². The summed E-state index contributed by atoms with van der Waals surface area (Å²) in [6, 6.07) is 1.21. The molecule has 0 amide bonds. The number of nitrogens with zero attached hydrogens (tertiary/aromatic N) is 1. The van der Waals surface area contributed by atoms with Gasteiger partial charge in [-0.2, -0.15) is 0 Å². The predicted octanol–water partition coefficient (Wildman–Crippen LogP) is 1.60. The SMILES string of the molecule is CC(C)N1CC[C@]2(CC[C@H](N)C2)C1. The van der Waals surface area contributed by atoms with E-state index in [0.29, 0.717) is 11.5 Å². The quantitative estimate of drug-likeness (QED) is 0.667. The summed E-state index contributed by atoms with van der Waals surface area (Å²) < 4.78 is 0. The number of hydrogen-bond acceptors (Lipinski definition) is 2. The molecule has 2 nitrogen and oxygen atoms in total. The van der Waals surface area contributed by atoms with Crippen molar-refractivity contribution in [2.24, 2.45) is 11.1 Å². The molecule has 2 atom stereocenters. The van der Waals surface area contributed by atoms with Crippen molar-refractivity contribution >= 4 is 0 Å². The summed E-state index contributed by atoms with van der Waals surface area (Å²) in [4.78, 5) is 2.61. The fraction of sp³-hybridized carbons (Fsp3) is 1.00. The largest absolute Gasteiger partial charge is 0.328 e. The van der Waals surface area contributed by atoms with E-state index in [9.17, 15) is 0 Å². The zero-order valence-corrected chi connectivity index (χ0v) is 8.92. The molecule has 1 aliphatic heterocycles. The lowest BCUT2D eigenvalue weighted by Gasteiger charge is -2.26. The molecule has 0 aromatic heterocycles. The van der Waals surface area contributed by atoms with Crippen LogP contribution in [0.15, 0.2) is 0 Å². The Morgan fingerprint density at radius 2 is 2.15 bits per heavy atom. The van der Waals surface area contributed by atoms with Gasteiger partial charge in [0.05, 0.1) is 0 Å². The third-order valence-electron chi connectivity index (χ3n) is 3.94. The maximum Gasteiger partial charge on any atom is 0.00448 e. The molecule has 0 aromatic carbocycles. The van der Waals surface area contributed by atoms with Gasteiger partial charge < -0.3 is 10.6 Å². The molecule has 1 saturated heterocycles. The molecule has 2 rings (SSSR count). The smallest absolute Gasteiger partial charge is 0.00448 e. The Hall–Kier alpha value is -0.0800. The summed E-state index contributed by atoms with van der Waals surface area (Å²) >= 11 is 0. The standard InChI is InChI=1S/C11H22N2/c1-9(2)13-6-5-11(8-13)4-3-10(12)7-11/h9-10H,3-8,12H2,1-2H3/t10-,11-/m0/s1. The number of rotatable bonds is 1. The highest BCUT2D eigenvalue weighted by Crippen LogP contribution is 2.45. The summed E-state index contributed by atoms with van der Waals surface area (Å²) in [5, 5.41) is 0. The third-order valence-corrected chi connectivity index (χ3v) is 3.94. The van der Waals surface area contributed by atoms with Gasteiger partial charge in [0, 0.05) is 18.6 Å². The lowest BCUT2D eigenvalue weighted by Crippen LogP contribution is -2.31. The average molecular weight is 182 g/mol. The van der Waals surface area contributed by atoms with Crippen LogP contribution < -0.4 is 5.73 Å². The van der Waals surface area contributed by atoms with E-state index in [1.54, 1.807) is 0 Å². The Labute approximate surface area is 81.5 Å². The first-order valence-electron chi connectivity index (χ1n) is 5.61. The Bertz CT molecular complexity index is 191. The van der Waals surface area contributed by atoms with Gasteiger partial charge in [-0.1, -0.05) is 0 Å². The molecule has 13 heavy (non-hydrogen) atoms. The molecule has 0 radical (unpaired) electrons. The molecule has 1 aliphatic carbocycles. The van der Waals surface area contributed by atoms with Crippen molar-refractivity contribution in [1.82, 2.24) is 4.90 Å². The van der Waals surface area contributed by atoms with Gasteiger partial charge in [0.25, 0.3) is 0 Å². The van der Waals surface area contributed by atoms with E-state index in [-0.39, 0.29) is 0 Å². The second kappa shape index (κ2) is 3.25. The van der Waals surface area contributed by atoms with Crippen LogP contribution in [0.25, 0.3) is 0 Å². The molecule has 2 N–H and O–H groups in total. The maximum atomic E-state index is 5.99. The average Bonchev–Trinajstić information content (AvgIpc) is 2.61. The molecule has 2 heteroatoms. The molecule has 0 unspecified atom stereocenters. The third kappa shape index (κ3) is 1.75. The second-order valence-corrected chi connectivity index (χ2v) is 5.32. The van der Waals surface area contributed by atoms with Gasteiger partial charge in [0.15, 0.2) is 0 Å². The van der Waals surface area contributed by atoms with Crippen molar-refractivity contribution in [3.63, 3.8) is 0 Å². The summed E-state index contributed by atoms with van der Waals surface area (Å²) in [5.41, 5.74) is 6.61. The highest BCUT2D eigenvalue weighted by molar-refractivity contribution is 4.97. The van der Waals surface area contributed by atoms with Gasteiger partial charge in [-0.15, -0.1) is 0 Å². The lowest BCUT2D eigenvalue weighted by molar-refractivity contribution is 0.224. The minimum absolute atomic E-state index is 0.493. The summed E-state index contributed by atoms with van der Waals surface area (Å²) in [5.74, 6) is 0. The first kappa shape index (κ1) is 9.47. The van der Waals surface area contributed by atoms with Crippen LogP contribution >= 0.6 is 0 Å². The summed E-state index contributed by atoms with van der Waals surface area (Å²) in [6.07, 6.45) is 5.29. The van der Waals surface area contributed by atoms with Gasteiger partial charge >= 0.3 is 0 Å². The first-order chi connectivity index (χ1) is 6.11. The molecular formula is C11H22N2. The maximum absolute atomic E-state index is 5.99. The normalized spacial score (nSPS) is 41.1. The van der Waals surface area contributed by atoms with Crippen molar-refractivity contribution in [2.45, 2.75) is 51.6 Å². The molecule has 0 bridgehead atoms. The van der Waals surface area contributed by atoms with Crippen LogP contribution in [-0.2, 0) is 0 Å². The highest BCUT2D eigenvalue weighted by Gasteiger charge is 2.43. The molecule has 1 spiro atoms. The van der Waals surface area contributed by atoms with Gasteiger partial charge in [0.1, 0.15) is 0 Å². The van der Waals surface area contributed by atoms with Gasteiger partial charge in [-0.3, -0.25) is 0 Å². The predicted molar refractivity (Wildman–Crippen MR) is 55.6 cm³/mol. The Kier molecular flexibility index (Phi) is 2.37. The van der Waals surface area contributed by atoms with E-state index in [2.05, 4.69) is 18.7 Å². The van der Waals surface area contributed by atoms with Crippen LogP contribution in [0.2, 0.25) is 0 Å². The van der Waals surface area contributed by atoms with Crippen molar-refractivity contribution < 1.29 is 0 Å². The van der Waals surface area contributed by atoms with Crippen LogP contribution in [-0.4, -0.2) is 30.1 Å². The number of likely N-dealkylation sites (tertiary alicyclic amines) is 1. The van der Waals surface area contributed by atoms with Gasteiger partial charge in [-0.25, -0.2) is 0 Å². The summed E-state index contributed by atoms with van der Waals surface area (Å²) in [6.45, 7) is 7.20. The van der Waals surface area contributed by atoms with E-state index in [1.807, 2.05) is 0 Å². The van der Waals surface area contributed by atoms with Gasteiger partial charge in [-0.05, 0) is 51.5 Å². The lowest BCUT2D eigenvalue weighted by atomic mass is 9.85. The Morgan fingerprint density at radius 1 is 1.38 bits per heavy atom. The topological polar surface area (TPSA) is 29.3 Å². The van der Waals surface area contributed by atoms with Crippen LogP contribution in [0.1, 0.15) is 39.5 Å². The number of nitrogens with two attached hydrogens (primary N) is 1. The number of hydrogen-bond donors (Lipinski definition) is 1. The monoisotopic (exact) mass is 182 g/mol. The fourth-order valence-corrected chi connectivity index (χ4v) is 3.03. The molecule has 2 aliphatic rings. The van der Waals surface area contributed by atoms with E-state index < -0.39 is 0 Å². The molecule has 2 fully saturated rings. The zero-order chi connectivity index (χ0) is 9.47. The minimum Gasteiger partial charge on any atom is -0.328 e. The van der Waals surface area contributed by atoms with Crippen molar-refractivity contribution in [1.29, 1.82) is 0 Å². The van der Waals surface area contributed by atoms with Crippen molar-refractivity contribution in [3.8, 4) is 0 Å². The summed E-state index contributed by atoms with van der Waals surface area (Å²) in [7, 11) is 0. The van der Waals surface area contributed by atoms with Crippen LogP contribution in [0, 0.1) is 5.41 Å². The van der Waals surface area contributed by atoms with Gasteiger partial charge in [0.2, 0.25) is 0 Å². The first-order valence-corrected chi connectivity index (χ1v) is 5.61. The minimum atomic E-state index is 0.493. The van der Waals surface area contributed by atoms with Crippen molar-refractivity contribution in [3.05, 3.63) is 0 Å². The van der Waals surface area contributed by atoms with Crippen molar-refractivity contribution in [2.75, 3.05) is 13.1 Å². The highest BCUT2D eigenvalue weighted by atomic mass is 15.2. The fourth-order valence-electron chi connectivity index (χ4n) is 3.03. The Morgan fingerprint density at radius 3 is 2.62 bits per heavy atom.